The van der Waals surface area contributed by atoms with Crippen molar-refractivity contribution in [2.75, 3.05) is 0 Å². The molecule has 4 aliphatic carbocycles. The van der Waals surface area contributed by atoms with Gasteiger partial charge in [0.25, 0.3) is 0 Å². The summed E-state index contributed by atoms with van der Waals surface area (Å²) in [6.45, 7) is 12.6. The zero-order valence-electron chi connectivity index (χ0n) is 25.5. The second-order valence-corrected chi connectivity index (χ2v) is 15.1. The summed E-state index contributed by atoms with van der Waals surface area (Å²) in [5.41, 5.74) is 4.53. The van der Waals surface area contributed by atoms with E-state index in [2.05, 4.69) is 40.7 Å². The van der Waals surface area contributed by atoms with E-state index in [-0.39, 0.29) is 10.9 Å². The molecule has 0 amide bonds. The van der Waals surface area contributed by atoms with Crippen LogP contribution in [-0.2, 0) is 12.8 Å². The van der Waals surface area contributed by atoms with Gasteiger partial charge in [-0.2, -0.15) is 10.4 Å². The van der Waals surface area contributed by atoms with Crippen molar-refractivity contribution in [2.45, 2.75) is 105 Å². The molecule has 4 heteroatoms. The van der Waals surface area contributed by atoms with Gasteiger partial charge in [-0.3, -0.25) is 5.41 Å². The topological polar surface area (TPSA) is 65.5 Å². The molecule has 214 valence electrons. The molecule has 0 radical (unpaired) electrons. The highest BCUT2D eigenvalue weighted by Gasteiger charge is 2.60. The molecule has 3 saturated carbocycles. The van der Waals surface area contributed by atoms with Crippen LogP contribution in [0.4, 0.5) is 0 Å². The van der Waals surface area contributed by atoms with Gasteiger partial charge >= 0.3 is 0 Å². The normalized spacial score (nSPS) is 35.3. The molecular weight excluding hydrogens is 488 g/mol. The number of hydrogen-bond acceptors (Lipinski definition) is 3. The molecule has 4 nitrogen and oxygen atoms in total. The Balaban J connectivity index is 1.28. The largest absolute Gasteiger partial charge is 0.282 e. The van der Waals surface area contributed by atoms with Crippen LogP contribution in [0.15, 0.2) is 30.3 Å². The number of benzene rings is 1. The molecule has 0 aliphatic heterocycles. The second kappa shape index (κ2) is 10.5. The van der Waals surface area contributed by atoms with Crippen LogP contribution in [0.2, 0.25) is 0 Å². The molecule has 3 fully saturated rings. The Morgan fingerprint density at radius 3 is 2.48 bits per heavy atom. The molecule has 0 unspecified atom stereocenters. The van der Waals surface area contributed by atoms with Crippen LogP contribution in [0.1, 0.15) is 109 Å². The standard InChI is InChI=1S/C36H50N4/c1-23(2)10-9-11-24(3)30-16-17-31-27-15-14-25-20-28-29(22-37)34(38)40(26-12-7-6-8-13-26)39-33(28)21-36(25,5)32(27)18-19-35(30,31)4/h6-8,12-13,23-25,27,30-32,38H,9-11,14-21H2,1-5H3/t24-,25+,27+,30-,31+,32+,35-,36+/m1/s1. The number of hydrogen-bond donors (Lipinski definition) is 1. The van der Waals surface area contributed by atoms with Gasteiger partial charge in [0.1, 0.15) is 11.6 Å². The highest BCUT2D eigenvalue weighted by Crippen LogP contribution is 2.68. The maximum absolute atomic E-state index is 10.2. The molecule has 1 aromatic carbocycles. The molecule has 1 aromatic heterocycles. The summed E-state index contributed by atoms with van der Waals surface area (Å²) in [6, 6.07) is 12.4. The third-order valence-corrected chi connectivity index (χ3v) is 12.7. The first-order valence-corrected chi connectivity index (χ1v) is 16.3. The first kappa shape index (κ1) is 27.7. The number of fused-ring (bicyclic) bond motifs is 6. The predicted molar refractivity (Wildman–Crippen MR) is 161 cm³/mol. The fraction of sp³-hybridized carbons (Fsp3) is 0.694. The lowest BCUT2D eigenvalue weighted by atomic mass is 9.44. The number of aromatic nitrogens is 2. The van der Waals surface area contributed by atoms with Gasteiger partial charge in [-0.15, -0.1) is 0 Å². The van der Waals surface area contributed by atoms with Crippen molar-refractivity contribution in [1.82, 2.24) is 9.78 Å². The van der Waals surface area contributed by atoms with Gasteiger partial charge in [-0.25, -0.2) is 4.68 Å². The summed E-state index contributed by atoms with van der Waals surface area (Å²) in [5.74, 6) is 5.61. The Bertz CT molecular complexity index is 1340. The minimum atomic E-state index is 0.232. The molecule has 2 aromatic rings. The second-order valence-electron chi connectivity index (χ2n) is 15.1. The van der Waals surface area contributed by atoms with Crippen molar-refractivity contribution in [3.8, 4) is 11.8 Å². The smallest absolute Gasteiger partial charge is 0.164 e. The van der Waals surface area contributed by atoms with Crippen LogP contribution < -0.4 is 5.49 Å². The van der Waals surface area contributed by atoms with E-state index >= 15 is 0 Å². The molecule has 4 aliphatic rings. The van der Waals surface area contributed by atoms with Crippen molar-refractivity contribution >= 4 is 0 Å². The van der Waals surface area contributed by atoms with Gasteiger partial charge < -0.3 is 0 Å². The highest BCUT2D eigenvalue weighted by atomic mass is 15.3. The molecule has 1 heterocycles. The Labute approximate surface area is 242 Å². The van der Waals surface area contributed by atoms with E-state index in [1.54, 1.807) is 4.68 Å². The highest BCUT2D eigenvalue weighted by molar-refractivity contribution is 5.43. The monoisotopic (exact) mass is 538 g/mol. The minimum Gasteiger partial charge on any atom is -0.282 e. The summed E-state index contributed by atoms with van der Waals surface area (Å²) in [4.78, 5) is 0. The number of nitriles is 1. The number of nitrogens with one attached hydrogen (secondary N) is 1. The van der Waals surface area contributed by atoms with Gasteiger partial charge in [0.2, 0.25) is 0 Å². The Morgan fingerprint density at radius 1 is 1.00 bits per heavy atom. The van der Waals surface area contributed by atoms with Crippen LogP contribution in [0.25, 0.3) is 5.69 Å². The lowest BCUT2D eigenvalue weighted by Crippen LogP contribution is -2.55. The van der Waals surface area contributed by atoms with E-state index in [0.29, 0.717) is 16.9 Å². The minimum absolute atomic E-state index is 0.232. The molecule has 40 heavy (non-hydrogen) atoms. The summed E-state index contributed by atoms with van der Waals surface area (Å²) in [7, 11) is 0. The quantitative estimate of drug-likeness (QED) is 0.402. The summed E-state index contributed by atoms with van der Waals surface area (Å²) < 4.78 is 1.71. The first-order chi connectivity index (χ1) is 19.2. The molecule has 1 N–H and O–H groups in total. The average Bonchev–Trinajstić information content (AvgIpc) is 3.29. The maximum atomic E-state index is 10.2. The maximum Gasteiger partial charge on any atom is 0.164 e. The van der Waals surface area contributed by atoms with Crippen molar-refractivity contribution in [1.29, 1.82) is 10.7 Å². The molecule has 0 spiro atoms. The van der Waals surface area contributed by atoms with Crippen LogP contribution in [0.3, 0.4) is 0 Å². The molecule has 6 rings (SSSR count). The van der Waals surface area contributed by atoms with E-state index in [0.717, 1.165) is 65.3 Å². The third-order valence-electron chi connectivity index (χ3n) is 12.7. The van der Waals surface area contributed by atoms with Crippen molar-refractivity contribution < 1.29 is 0 Å². The lowest BCUT2D eigenvalue weighted by molar-refractivity contribution is -0.104. The summed E-state index contributed by atoms with van der Waals surface area (Å²) >= 11 is 0. The number of rotatable bonds is 6. The predicted octanol–water partition coefficient (Wildman–Crippen LogP) is 8.26. The Hall–Kier alpha value is -2.41. The van der Waals surface area contributed by atoms with E-state index < -0.39 is 0 Å². The van der Waals surface area contributed by atoms with Crippen LogP contribution >= 0.6 is 0 Å². The molecular formula is C36H50N4. The summed E-state index contributed by atoms with van der Waals surface area (Å²) in [5, 5.41) is 24.1. The van der Waals surface area contributed by atoms with Gasteiger partial charge in [-0.1, -0.05) is 72.1 Å². The fourth-order valence-electron chi connectivity index (χ4n) is 10.6. The zero-order chi connectivity index (χ0) is 28.2. The fourth-order valence-corrected chi connectivity index (χ4v) is 10.6. The van der Waals surface area contributed by atoms with Gasteiger partial charge in [0.15, 0.2) is 5.49 Å². The van der Waals surface area contributed by atoms with Gasteiger partial charge in [0, 0.05) is 0 Å². The number of para-hydroxylation sites is 1. The average molecular weight is 539 g/mol. The van der Waals surface area contributed by atoms with Gasteiger partial charge in [0.05, 0.1) is 11.4 Å². The first-order valence-electron chi connectivity index (χ1n) is 16.3. The Kier molecular flexibility index (Phi) is 7.25. The van der Waals surface area contributed by atoms with E-state index in [4.69, 9.17) is 10.5 Å². The van der Waals surface area contributed by atoms with E-state index in [1.165, 1.54) is 57.8 Å². The molecule has 8 atom stereocenters. The zero-order valence-corrected chi connectivity index (χ0v) is 25.5. The van der Waals surface area contributed by atoms with E-state index in [9.17, 15) is 5.26 Å². The van der Waals surface area contributed by atoms with Crippen LogP contribution in [-0.4, -0.2) is 9.78 Å². The van der Waals surface area contributed by atoms with Crippen molar-refractivity contribution in [3.63, 3.8) is 0 Å². The van der Waals surface area contributed by atoms with Crippen LogP contribution in [0.5, 0.6) is 0 Å². The van der Waals surface area contributed by atoms with Crippen LogP contribution in [0, 0.1) is 69.0 Å². The van der Waals surface area contributed by atoms with E-state index in [1.807, 2.05) is 30.3 Å². The SMILES string of the molecule is CC(C)CCC[C@@H](C)[C@H]1CC[C@H]2[C@@H]3CC[C@H]4Cc5c(nn(-c6ccccc6)c(=N)c5C#N)C[C@]4(C)[C@H]3CC[C@]12C. The molecule has 0 saturated heterocycles. The third kappa shape index (κ3) is 4.38. The van der Waals surface area contributed by atoms with Crippen molar-refractivity contribution in [2.24, 2.45) is 52.3 Å². The Morgan fingerprint density at radius 2 is 1.75 bits per heavy atom. The molecule has 0 bridgehead atoms. The van der Waals surface area contributed by atoms with Gasteiger partial charge in [-0.05, 0) is 121 Å². The number of nitrogens with zero attached hydrogens (tertiary/aromatic N) is 3. The lowest BCUT2D eigenvalue weighted by Gasteiger charge is -2.60. The summed E-state index contributed by atoms with van der Waals surface area (Å²) in [6.07, 6.45) is 14.3. The van der Waals surface area contributed by atoms with Crippen molar-refractivity contribution in [3.05, 3.63) is 52.6 Å².